The van der Waals surface area contributed by atoms with Crippen molar-refractivity contribution in [2.75, 3.05) is 13.7 Å². The fourth-order valence-electron chi connectivity index (χ4n) is 3.54. The summed E-state index contributed by atoms with van der Waals surface area (Å²) in [6.07, 6.45) is 1.06. The van der Waals surface area contributed by atoms with Crippen molar-refractivity contribution in [2.45, 2.75) is 45.1 Å². The van der Waals surface area contributed by atoms with Crippen molar-refractivity contribution in [3.8, 4) is 5.75 Å². The van der Waals surface area contributed by atoms with Crippen LogP contribution in [0.1, 0.15) is 54.6 Å². The Morgan fingerprint density at radius 3 is 2.27 bits per heavy atom. The SMILES string of the molecule is COc1ccc(CC[C@@]2(C)NC(=O)N(CC(=O)c3ccc(C(C)C)cc3)C2=O)cc1. The van der Waals surface area contributed by atoms with E-state index in [9.17, 15) is 14.4 Å². The van der Waals surface area contributed by atoms with E-state index < -0.39 is 11.6 Å². The highest BCUT2D eigenvalue weighted by Gasteiger charge is 2.47. The minimum Gasteiger partial charge on any atom is -0.497 e. The lowest BCUT2D eigenvalue weighted by atomic mass is 9.93. The zero-order valence-corrected chi connectivity index (χ0v) is 17.9. The number of aryl methyl sites for hydroxylation is 1. The molecule has 1 aliphatic heterocycles. The molecule has 0 saturated carbocycles. The Kier molecular flexibility index (Phi) is 6.25. The monoisotopic (exact) mass is 408 g/mol. The zero-order valence-electron chi connectivity index (χ0n) is 17.9. The van der Waals surface area contributed by atoms with Crippen LogP contribution in [0.3, 0.4) is 0 Å². The lowest BCUT2D eigenvalue weighted by Gasteiger charge is -2.21. The van der Waals surface area contributed by atoms with Gasteiger partial charge in [-0.2, -0.15) is 0 Å². The molecule has 0 aromatic heterocycles. The highest BCUT2D eigenvalue weighted by atomic mass is 16.5. The number of nitrogens with zero attached hydrogens (tertiary/aromatic N) is 1. The maximum absolute atomic E-state index is 12.9. The van der Waals surface area contributed by atoms with Gasteiger partial charge in [-0.25, -0.2) is 4.79 Å². The van der Waals surface area contributed by atoms with Crippen LogP contribution in [0.2, 0.25) is 0 Å². The number of urea groups is 1. The lowest BCUT2D eigenvalue weighted by Crippen LogP contribution is -2.44. The van der Waals surface area contributed by atoms with Gasteiger partial charge in [0.1, 0.15) is 11.3 Å². The Balaban J connectivity index is 1.64. The van der Waals surface area contributed by atoms with Gasteiger partial charge in [-0.1, -0.05) is 50.2 Å². The summed E-state index contributed by atoms with van der Waals surface area (Å²) in [5.74, 6) is 0.509. The number of methoxy groups -OCH3 is 1. The molecule has 1 saturated heterocycles. The van der Waals surface area contributed by atoms with Gasteiger partial charge >= 0.3 is 6.03 Å². The summed E-state index contributed by atoms with van der Waals surface area (Å²) in [5.41, 5.74) is 1.64. The number of ketones is 1. The average molecular weight is 408 g/mol. The smallest absolute Gasteiger partial charge is 0.325 e. The van der Waals surface area contributed by atoms with E-state index in [4.69, 9.17) is 4.74 Å². The van der Waals surface area contributed by atoms with Crippen LogP contribution in [0.5, 0.6) is 5.75 Å². The standard InChI is InChI=1S/C24H28N2O4/c1-16(2)18-7-9-19(10-8-18)21(27)15-26-22(28)24(3,25-23(26)29)14-13-17-5-11-20(30-4)12-6-17/h5-12,16H,13-15H2,1-4H3,(H,25,29)/t24-/m1/s1. The van der Waals surface area contributed by atoms with Gasteiger partial charge in [0.25, 0.3) is 5.91 Å². The summed E-state index contributed by atoms with van der Waals surface area (Å²) >= 11 is 0. The molecule has 1 aliphatic rings. The molecule has 0 unspecified atom stereocenters. The Bertz CT molecular complexity index is 935. The highest BCUT2D eigenvalue weighted by molar-refractivity contribution is 6.11. The Morgan fingerprint density at radius 2 is 1.70 bits per heavy atom. The number of carbonyl (C=O) groups is 3. The molecule has 3 rings (SSSR count). The van der Waals surface area contributed by atoms with E-state index in [2.05, 4.69) is 19.2 Å². The molecule has 1 atom stereocenters. The van der Waals surface area contributed by atoms with Crippen LogP contribution in [0, 0.1) is 0 Å². The second kappa shape index (κ2) is 8.69. The average Bonchev–Trinajstić information content (AvgIpc) is 2.96. The second-order valence-corrected chi connectivity index (χ2v) is 8.20. The lowest BCUT2D eigenvalue weighted by molar-refractivity contribution is -0.130. The molecule has 3 amide bonds. The number of imide groups is 1. The third kappa shape index (κ3) is 4.53. The first-order valence-electron chi connectivity index (χ1n) is 10.1. The number of rotatable bonds is 8. The number of carbonyl (C=O) groups excluding carboxylic acids is 3. The van der Waals surface area contributed by atoms with Crippen LogP contribution in [0.25, 0.3) is 0 Å². The predicted octanol–water partition coefficient (Wildman–Crippen LogP) is 3.94. The number of nitrogens with one attached hydrogen (secondary N) is 1. The quantitative estimate of drug-likeness (QED) is 0.530. The van der Waals surface area contributed by atoms with Gasteiger partial charge in [0, 0.05) is 5.56 Å². The maximum atomic E-state index is 12.9. The van der Waals surface area contributed by atoms with Crippen molar-refractivity contribution in [3.05, 3.63) is 65.2 Å². The van der Waals surface area contributed by atoms with Crippen LogP contribution in [0.4, 0.5) is 4.79 Å². The third-order valence-corrected chi connectivity index (χ3v) is 5.62. The van der Waals surface area contributed by atoms with E-state index in [1.807, 2.05) is 36.4 Å². The summed E-state index contributed by atoms with van der Waals surface area (Å²) < 4.78 is 5.15. The summed E-state index contributed by atoms with van der Waals surface area (Å²) in [7, 11) is 1.61. The highest BCUT2D eigenvalue weighted by Crippen LogP contribution is 2.24. The molecule has 30 heavy (non-hydrogen) atoms. The number of ether oxygens (including phenoxy) is 1. The molecule has 0 radical (unpaired) electrons. The fraction of sp³-hybridized carbons (Fsp3) is 0.375. The van der Waals surface area contributed by atoms with Crippen LogP contribution in [0.15, 0.2) is 48.5 Å². The number of hydrogen-bond donors (Lipinski definition) is 1. The van der Waals surface area contributed by atoms with Gasteiger partial charge in [0.15, 0.2) is 5.78 Å². The minimum atomic E-state index is -1.03. The first-order chi connectivity index (χ1) is 14.2. The molecule has 6 heteroatoms. The first kappa shape index (κ1) is 21.6. The van der Waals surface area contributed by atoms with Gasteiger partial charge in [-0.3, -0.25) is 14.5 Å². The van der Waals surface area contributed by atoms with Crippen molar-refractivity contribution in [1.82, 2.24) is 10.2 Å². The van der Waals surface area contributed by atoms with Gasteiger partial charge in [-0.15, -0.1) is 0 Å². The largest absolute Gasteiger partial charge is 0.497 e. The molecule has 1 N–H and O–H groups in total. The Hall–Kier alpha value is -3.15. The zero-order chi connectivity index (χ0) is 21.9. The van der Waals surface area contributed by atoms with Crippen LogP contribution < -0.4 is 10.1 Å². The molecule has 0 aliphatic carbocycles. The van der Waals surface area contributed by atoms with Gasteiger partial charge < -0.3 is 10.1 Å². The predicted molar refractivity (Wildman–Crippen MR) is 115 cm³/mol. The van der Waals surface area contributed by atoms with Crippen molar-refractivity contribution in [1.29, 1.82) is 0 Å². The number of benzene rings is 2. The molecular weight excluding hydrogens is 380 g/mol. The minimum absolute atomic E-state index is 0.256. The molecule has 0 bridgehead atoms. The first-order valence-corrected chi connectivity index (χ1v) is 10.1. The Labute approximate surface area is 177 Å². The van der Waals surface area contributed by atoms with E-state index >= 15 is 0 Å². The van der Waals surface area contributed by atoms with Crippen LogP contribution in [-0.4, -0.2) is 41.8 Å². The molecular formula is C24H28N2O4. The summed E-state index contributed by atoms with van der Waals surface area (Å²) in [6, 6.07) is 14.4. The van der Waals surface area contributed by atoms with Crippen molar-refractivity contribution in [2.24, 2.45) is 0 Å². The molecule has 2 aromatic carbocycles. The van der Waals surface area contributed by atoms with Crippen molar-refractivity contribution < 1.29 is 19.1 Å². The Morgan fingerprint density at radius 1 is 1.07 bits per heavy atom. The van der Waals surface area contributed by atoms with Crippen molar-refractivity contribution in [3.63, 3.8) is 0 Å². The van der Waals surface area contributed by atoms with E-state index in [0.717, 1.165) is 21.8 Å². The van der Waals surface area contributed by atoms with Crippen LogP contribution in [-0.2, 0) is 11.2 Å². The topological polar surface area (TPSA) is 75.7 Å². The fourth-order valence-corrected chi connectivity index (χ4v) is 3.54. The van der Waals surface area contributed by atoms with Gasteiger partial charge in [0.2, 0.25) is 0 Å². The summed E-state index contributed by atoms with van der Waals surface area (Å²) in [6.45, 7) is 5.61. The second-order valence-electron chi connectivity index (χ2n) is 8.20. The summed E-state index contributed by atoms with van der Waals surface area (Å²) in [5, 5.41) is 2.76. The normalized spacial score (nSPS) is 18.6. The van der Waals surface area contributed by atoms with E-state index in [1.54, 1.807) is 26.2 Å². The molecule has 158 valence electrons. The molecule has 0 spiro atoms. The van der Waals surface area contributed by atoms with Gasteiger partial charge in [0.05, 0.1) is 13.7 Å². The molecule has 1 heterocycles. The molecule has 1 fully saturated rings. The maximum Gasteiger partial charge on any atom is 0.325 e. The van der Waals surface area contributed by atoms with E-state index in [-0.39, 0.29) is 18.2 Å². The number of hydrogen-bond acceptors (Lipinski definition) is 4. The number of Topliss-reactive ketones (excluding diaryl/α,β-unsaturated/α-hetero) is 1. The van der Waals surface area contributed by atoms with Gasteiger partial charge in [-0.05, 0) is 48.9 Å². The molecule has 6 nitrogen and oxygen atoms in total. The summed E-state index contributed by atoms with van der Waals surface area (Å²) in [4.78, 5) is 39.0. The molecule has 2 aromatic rings. The van der Waals surface area contributed by atoms with E-state index in [1.165, 1.54) is 0 Å². The third-order valence-electron chi connectivity index (χ3n) is 5.62. The van der Waals surface area contributed by atoms with Crippen molar-refractivity contribution >= 4 is 17.7 Å². The van der Waals surface area contributed by atoms with E-state index in [0.29, 0.717) is 24.3 Å². The number of amides is 3. The van der Waals surface area contributed by atoms with Crippen LogP contribution >= 0.6 is 0 Å².